The van der Waals surface area contributed by atoms with Gasteiger partial charge in [-0.15, -0.1) is 0 Å². The molecule has 2 rings (SSSR count). The Balaban J connectivity index is 1.76. The van der Waals surface area contributed by atoms with Crippen molar-refractivity contribution >= 4 is 23.3 Å². The highest BCUT2D eigenvalue weighted by Gasteiger charge is 2.04. The van der Waals surface area contributed by atoms with Crippen LogP contribution in [0.4, 0.5) is 5.82 Å². The van der Waals surface area contributed by atoms with Crippen LogP contribution in [0.15, 0.2) is 42.6 Å². The fourth-order valence-corrected chi connectivity index (χ4v) is 1.75. The molecule has 2 aromatic rings. The molecule has 20 heavy (non-hydrogen) atoms. The molecule has 0 aliphatic carbocycles. The van der Waals surface area contributed by atoms with E-state index in [-0.39, 0.29) is 18.9 Å². The molecule has 1 heterocycles. The van der Waals surface area contributed by atoms with E-state index in [0.29, 0.717) is 16.6 Å². The minimum absolute atomic E-state index is 0.136. The predicted octanol–water partition coefficient (Wildman–Crippen LogP) is 3.45. The van der Waals surface area contributed by atoms with Gasteiger partial charge in [0.25, 0.3) is 0 Å². The van der Waals surface area contributed by atoms with Crippen LogP contribution in [0.2, 0.25) is 5.02 Å². The number of ether oxygens (including phenoxy) is 1. The number of carbonyl (C=O) groups excluding carboxylic acids is 1. The predicted molar refractivity (Wildman–Crippen MR) is 79.2 cm³/mol. The third-order valence-corrected chi connectivity index (χ3v) is 2.81. The van der Waals surface area contributed by atoms with Gasteiger partial charge in [-0.25, -0.2) is 4.98 Å². The summed E-state index contributed by atoms with van der Waals surface area (Å²) in [4.78, 5) is 15.8. The molecule has 0 aliphatic heterocycles. The number of aryl methyl sites for hydroxylation is 1. The van der Waals surface area contributed by atoms with Crippen LogP contribution >= 0.6 is 11.6 Å². The van der Waals surface area contributed by atoms with E-state index in [1.165, 1.54) is 0 Å². The number of benzene rings is 1. The third kappa shape index (κ3) is 4.55. The Bertz CT molecular complexity index is 585. The number of nitrogens with one attached hydrogen (secondary N) is 1. The van der Waals surface area contributed by atoms with E-state index in [9.17, 15) is 4.79 Å². The second-order valence-electron chi connectivity index (χ2n) is 4.32. The number of amides is 1. The van der Waals surface area contributed by atoms with Crippen LogP contribution in [0, 0.1) is 6.92 Å². The quantitative estimate of drug-likeness (QED) is 0.917. The summed E-state index contributed by atoms with van der Waals surface area (Å²) in [5.41, 5.74) is 1.05. The van der Waals surface area contributed by atoms with E-state index in [4.69, 9.17) is 16.3 Å². The minimum Gasteiger partial charge on any atom is -0.493 e. The van der Waals surface area contributed by atoms with Gasteiger partial charge in [-0.3, -0.25) is 4.79 Å². The topological polar surface area (TPSA) is 51.2 Å². The average Bonchev–Trinajstić information content (AvgIpc) is 2.41. The summed E-state index contributed by atoms with van der Waals surface area (Å²) in [5.74, 6) is 1.06. The molecule has 0 fully saturated rings. The van der Waals surface area contributed by atoms with Crippen molar-refractivity contribution in [3.8, 4) is 5.75 Å². The van der Waals surface area contributed by atoms with Gasteiger partial charge >= 0.3 is 0 Å². The Labute approximate surface area is 122 Å². The van der Waals surface area contributed by atoms with E-state index in [2.05, 4.69) is 10.3 Å². The fourth-order valence-electron chi connectivity index (χ4n) is 1.57. The van der Waals surface area contributed by atoms with E-state index in [1.54, 1.807) is 36.5 Å². The van der Waals surface area contributed by atoms with Crippen molar-refractivity contribution in [2.45, 2.75) is 13.3 Å². The summed E-state index contributed by atoms with van der Waals surface area (Å²) in [5, 5.41) is 3.32. The number of anilines is 1. The zero-order valence-electron chi connectivity index (χ0n) is 11.1. The van der Waals surface area contributed by atoms with E-state index >= 15 is 0 Å². The Morgan fingerprint density at radius 1 is 1.35 bits per heavy atom. The van der Waals surface area contributed by atoms with Gasteiger partial charge in [0.05, 0.1) is 13.0 Å². The second-order valence-corrected chi connectivity index (χ2v) is 4.76. The molecule has 0 radical (unpaired) electrons. The van der Waals surface area contributed by atoms with Crippen LogP contribution in [0.1, 0.15) is 12.0 Å². The van der Waals surface area contributed by atoms with Crippen LogP contribution in [0.25, 0.3) is 0 Å². The summed E-state index contributed by atoms with van der Waals surface area (Å²) in [6.45, 7) is 2.23. The Morgan fingerprint density at radius 3 is 2.90 bits per heavy atom. The van der Waals surface area contributed by atoms with Gasteiger partial charge in [-0.1, -0.05) is 23.7 Å². The average molecular weight is 291 g/mol. The molecule has 0 spiro atoms. The van der Waals surface area contributed by atoms with Crippen molar-refractivity contribution in [1.29, 1.82) is 0 Å². The molecule has 1 aromatic heterocycles. The zero-order valence-corrected chi connectivity index (χ0v) is 11.9. The molecule has 104 valence electrons. The van der Waals surface area contributed by atoms with Crippen LogP contribution in [-0.2, 0) is 4.79 Å². The molecule has 5 heteroatoms. The molecule has 0 aliphatic rings. The fraction of sp³-hybridized carbons (Fsp3) is 0.200. The molecule has 0 bridgehead atoms. The molecule has 0 saturated heterocycles. The Hall–Kier alpha value is -2.07. The third-order valence-electron chi connectivity index (χ3n) is 2.57. The maximum absolute atomic E-state index is 11.7. The van der Waals surface area contributed by atoms with Crippen molar-refractivity contribution in [1.82, 2.24) is 4.98 Å². The minimum atomic E-state index is -0.136. The van der Waals surface area contributed by atoms with Gasteiger partial charge in [-0.2, -0.15) is 0 Å². The highest BCUT2D eigenvalue weighted by atomic mass is 35.5. The first-order valence-electron chi connectivity index (χ1n) is 6.24. The monoisotopic (exact) mass is 290 g/mol. The van der Waals surface area contributed by atoms with E-state index in [0.717, 1.165) is 5.56 Å². The van der Waals surface area contributed by atoms with Crippen molar-refractivity contribution < 1.29 is 9.53 Å². The van der Waals surface area contributed by atoms with Gasteiger partial charge in [0, 0.05) is 11.2 Å². The van der Waals surface area contributed by atoms with Crippen molar-refractivity contribution in [3.63, 3.8) is 0 Å². The van der Waals surface area contributed by atoms with Crippen molar-refractivity contribution in [2.75, 3.05) is 11.9 Å². The van der Waals surface area contributed by atoms with Crippen LogP contribution in [-0.4, -0.2) is 17.5 Å². The molecule has 1 amide bonds. The molecule has 1 N–H and O–H groups in total. The Morgan fingerprint density at radius 2 is 2.20 bits per heavy atom. The number of rotatable bonds is 5. The number of pyridine rings is 1. The maximum atomic E-state index is 11.7. The summed E-state index contributed by atoms with van der Waals surface area (Å²) in [6.07, 6.45) is 1.96. The number of hydrogen-bond donors (Lipinski definition) is 1. The normalized spacial score (nSPS) is 10.1. The number of aromatic nitrogens is 1. The second kappa shape index (κ2) is 6.91. The van der Waals surface area contributed by atoms with Gasteiger partial charge in [0.2, 0.25) is 5.91 Å². The number of nitrogens with zero attached hydrogens (tertiary/aromatic N) is 1. The first kappa shape index (κ1) is 14.3. The molecule has 0 unspecified atom stereocenters. The number of hydrogen-bond acceptors (Lipinski definition) is 3. The van der Waals surface area contributed by atoms with Crippen molar-refractivity contribution in [2.24, 2.45) is 0 Å². The zero-order chi connectivity index (χ0) is 14.4. The number of halogens is 1. The van der Waals surface area contributed by atoms with Gasteiger partial charge in [-0.05, 0) is 36.8 Å². The summed E-state index contributed by atoms with van der Waals surface area (Å²) >= 11 is 5.84. The lowest BCUT2D eigenvalue weighted by Crippen LogP contribution is -2.15. The molecule has 0 saturated carbocycles. The van der Waals surface area contributed by atoms with Crippen LogP contribution < -0.4 is 10.1 Å². The summed E-state index contributed by atoms with van der Waals surface area (Å²) in [7, 11) is 0. The van der Waals surface area contributed by atoms with Gasteiger partial charge in [0.1, 0.15) is 11.6 Å². The highest BCUT2D eigenvalue weighted by molar-refractivity contribution is 6.30. The first-order valence-corrected chi connectivity index (χ1v) is 6.62. The van der Waals surface area contributed by atoms with E-state index < -0.39 is 0 Å². The summed E-state index contributed by atoms with van der Waals surface area (Å²) < 4.78 is 5.45. The van der Waals surface area contributed by atoms with Gasteiger partial charge < -0.3 is 10.1 Å². The molecule has 4 nitrogen and oxygen atoms in total. The lowest BCUT2D eigenvalue weighted by molar-refractivity contribution is -0.116. The SMILES string of the molecule is Cc1ccc(NC(=O)CCOc2cccc(Cl)c2)nc1. The summed E-state index contributed by atoms with van der Waals surface area (Å²) in [6, 6.07) is 10.7. The van der Waals surface area contributed by atoms with Crippen LogP contribution in [0.5, 0.6) is 5.75 Å². The Kier molecular flexibility index (Phi) is 4.96. The molecule has 0 atom stereocenters. The molecular weight excluding hydrogens is 276 g/mol. The first-order chi connectivity index (χ1) is 9.63. The molecular formula is C15H15ClN2O2. The maximum Gasteiger partial charge on any atom is 0.228 e. The largest absolute Gasteiger partial charge is 0.493 e. The highest BCUT2D eigenvalue weighted by Crippen LogP contribution is 2.17. The number of carbonyl (C=O) groups is 1. The van der Waals surface area contributed by atoms with Crippen molar-refractivity contribution in [3.05, 3.63) is 53.2 Å². The smallest absolute Gasteiger partial charge is 0.228 e. The molecule has 1 aromatic carbocycles. The lowest BCUT2D eigenvalue weighted by atomic mass is 10.3. The van der Waals surface area contributed by atoms with Gasteiger partial charge in [0.15, 0.2) is 0 Å². The standard InChI is InChI=1S/C15H15ClN2O2/c1-11-5-6-14(17-10-11)18-15(19)7-8-20-13-4-2-3-12(16)9-13/h2-6,9-10H,7-8H2,1H3,(H,17,18,19). The van der Waals surface area contributed by atoms with E-state index in [1.807, 2.05) is 13.0 Å². The lowest BCUT2D eigenvalue weighted by Gasteiger charge is -2.07. The van der Waals surface area contributed by atoms with Crippen LogP contribution in [0.3, 0.4) is 0 Å².